The van der Waals surface area contributed by atoms with E-state index in [0.717, 1.165) is 10.5 Å². The summed E-state index contributed by atoms with van der Waals surface area (Å²) in [6.07, 6.45) is 1.88. The molecular weight excluding hydrogens is 257 g/mol. The van der Waals surface area contributed by atoms with Gasteiger partial charge in [-0.2, -0.15) is 0 Å². The minimum atomic E-state index is -1.23. The van der Waals surface area contributed by atoms with Crippen molar-refractivity contribution < 1.29 is 18.8 Å². The third-order valence-corrected chi connectivity index (χ3v) is 3.36. The summed E-state index contributed by atoms with van der Waals surface area (Å²) in [6, 6.07) is 4.25. The fourth-order valence-electron chi connectivity index (χ4n) is 1.57. The third-order valence-electron chi connectivity index (χ3n) is 2.48. The molecule has 1 heterocycles. The number of rotatable bonds is 3. The molecule has 2 rings (SSSR count). The summed E-state index contributed by atoms with van der Waals surface area (Å²) < 4.78 is 18.4. The van der Waals surface area contributed by atoms with E-state index in [1.54, 1.807) is 6.07 Å². The molecule has 0 aliphatic carbocycles. The fourth-order valence-corrected chi connectivity index (χ4v) is 2.19. The third kappa shape index (κ3) is 2.24. The van der Waals surface area contributed by atoms with Crippen molar-refractivity contribution in [2.45, 2.75) is 11.8 Å². The Hall–Kier alpha value is -1.82. The number of benzene rings is 1. The van der Waals surface area contributed by atoms with Crippen LogP contribution in [0.15, 0.2) is 27.6 Å². The molecular formula is C12H10FNO3S. The van der Waals surface area contributed by atoms with Crippen molar-refractivity contribution >= 4 is 17.7 Å². The van der Waals surface area contributed by atoms with Gasteiger partial charge in [0.2, 0.25) is 5.76 Å². The number of aryl methyl sites for hydroxylation is 1. The average Bonchev–Trinajstić information content (AvgIpc) is 2.78. The zero-order chi connectivity index (χ0) is 13.3. The van der Waals surface area contributed by atoms with E-state index in [1.165, 1.54) is 23.9 Å². The lowest BCUT2D eigenvalue weighted by atomic mass is 10.1. The minimum absolute atomic E-state index is 0.181. The molecule has 0 unspecified atom stereocenters. The number of hydrogen-bond donors (Lipinski definition) is 1. The van der Waals surface area contributed by atoms with Gasteiger partial charge in [0.25, 0.3) is 0 Å². The van der Waals surface area contributed by atoms with E-state index in [2.05, 4.69) is 9.68 Å². The van der Waals surface area contributed by atoms with Crippen molar-refractivity contribution in [1.82, 2.24) is 5.16 Å². The molecule has 4 nitrogen and oxygen atoms in total. The Morgan fingerprint density at radius 2 is 2.17 bits per heavy atom. The predicted octanol–water partition coefficient (Wildman–Crippen LogP) is 3.21. The maximum absolute atomic E-state index is 13.8. The van der Waals surface area contributed by atoms with E-state index in [1.807, 2.05) is 13.2 Å². The first-order chi connectivity index (χ1) is 8.52. The smallest absolute Gasteiger partial charge is 0.374 e. The second kappa shape index (κ2) is 4.81. The van der Waals surface area contributed by atoms with Gasteiger partial charge in [0, 0.05) is 16.5 Å². The van der Waals surface area contributed by atoms with E-state index in [0.29, 0.717) is 0 Å². The highest BCUT2D eigenvalue weighted by molar-refractivity contribution is 7.98. The van der Waals surface area contributed by atoms with Crippen molar-refractivity contribution in [2.24, 2.45) is 0 Å². The Balaban J connectivity index is 2.52. The van der Waals surface area contributed by atoms with Gasteiger partial charge in [-0.25, -0.2) is 9.18 Å². The summed E-state index contributed by atoms with van der Waals surface area (Å²) in [6.45, 7) is 1.81. The molecule has 18 heavy (non-hydrogen) atoms. The molecule has 0 saturated carbocycles. The molecule has 1 aromatic heterocycles. The second-order valence-corrected chi connectivity index (χ2v) is 4.53. The maximum atomic E-state index is 13.8. The average molecular weight is 267 g/mol. The first-order valence-corrected chi connectivity index (χ1v) is 6.30. The van der Waals surface area contributed by atoms with Crippen LogP contribution in [-0.2, 0) is 0 Å². The lowest BCUT2D eigenvalue weighted by Gasteiger charge is -2.05. The monoisotopic (exact) mass is 267 g/mol. The number of carboxylic acid groups (broad SMARTS) is 1. The van der Waals surface area contributed by atoms with Crippen LogP contribution in [0.4, 0.5) is 4.39 Å². The summed E-state index contributed by atoms with van der Waals surface area (Å²) in [7, 11) is 0. The predicted molar refractivity (Wildman–Crippen MR) is 65.4 cm³/mol. The Labute approximate surface area is 107 Å². The number of carboxylic acids is 1. The number of halogens is 1. The van der Waals surface area contributed by atoms with Crippen LogP contribution in [0.5, 0.6) is 0 Å². The number of carbonyl (C=O) groups is 1. The van der Waals surface area contributed by atoms with Gasteiger partial charge in [-0.05, 0) is 30.9 Å². The second-order valence-electron chi connectivity index (χ2n) is 3.68. The number of hydrogen-bond acceptors (Lipinski definition) is 4. The van der Waals surface area contributed by atoms with Crippen molar-refractivity contribution in [1.29, 1.82) is 0 Å². The molecule has 6 heteroatoms. The number of thioether (sulfide) groups is 1. The van der Waals surface area contributed by atoms with E-state index in [-0.39, 0.29) is 17.0 Å². The van der Waals surface area contributed by atoms with Crippen molar-refractivity contribution in [2.75, 3.05) is 6.26 Å². The van der Waals surface area contributed by atoms with E-state index >= 15 is 0 Å². The van der Waals surface area contributed by atoms with Crippen LogP contribution in [0.1, 0.15) is 16.1 Å². The van der Waals surface area contributed by atoms with E-state index in [4.69, 9.17) is 5.11 Å². The molecule has 1 N–H and O–H groups in total. The Bertz CT molecular complexity index is 609. The molecule has 0 spiro atoms. The van der Waals surface area contributed by atoms with Gasteiger partial charge in [0.05, 0.1) is 0 Å². The van der Waals surface area contributed by atoms with Crippen LogP contribution in [0.2, 0.25) is 0 Å². The van der Waals surface area contributed by atoms with Crippen LogP contribution in [0.25, 0.3) is 11.3 Å². The highest BCUT2D eigenvalue weighted by Gasteiger charge is 2.16. The van der Waals surface area contributed by atoms with Crippen LogP contribution < -0.4 is 0 Å². The first-order valence-electron chi connectivity index (χ1n) is 5.07. The number of nitrogens with zero attached hydrogens (tertiary/aromatic N) is 1. The van der Waals surface area contributed by atoms with Gasteiger partial charge < -0.3 is 9.63 Å². The standard InChI is InChI=1S/C12H10FNO3S/c1-6-3-8(13)7(4-11(6)18-2)9-5-10(12(15)16)17-14-9/h3-5H,1-2H3,(H,15,16). The number of aromatic carboxylic acids is 1. The van der Waals surface area contributed by atoms with Gasteiger partial charge in [-0.3, -0.25) is 0 Å². The van der Waals surface area contributed by atoms with Crippen molar-refractivity contribution in [3.05, 3.63) is 35.3 Å². The summed E-state index contributed by atoms with van der Waals surface area (Å²) in [4.78, 5) is 11.6. The van der Waals surface area contributed by atoms with Crippen molar-refractivity contribution in [3.63, 3.8) is 0 Å². The molecule has 1 aromatic carbocycles. The van der Waals surface area contributed by atoms with Gasteiger partial charge in [-0.1, -0.05) is 5.16 Å². The zero-order valence-corrected chi connectivity index (χ0v) is 10.5. The summed E-state index contributed by atoms with van der Waals surface area (Å²) in [5.74, 6) is -1.99. The maximum Gasteiger partial charge on any atom is 0.374 e. The summed E-state index contributed by atoms with van der Waals surface area (Å²) >= 11 is 1.48. The highest BCUT2D eigenvalue weighted by Crippen LogP contribution is 2.29. The largest absolute Gasteiger partial charge is 0.475 e. The Kier molecular flexibility index (Phi) is 3.38. The van der Waals surface area contributed by atoms with E-state index < -0.39 is 11.8 Å². The van der Waals surface area contributed by atoms with Crippen LogP contribution in [0, 0.1) is 12.7 Å². The minimum Gasteiger partial charge on any atom is -0.475 e. The molecule has 94 valence electrons. The highest BCUT2D eigenvalue weighted by atomic mass is 32.2. The number of aromatic nitrogens is 1. The van der Waals surface area contributed by atoms with E-state index in [9.17, 15) is 9.18 Å². The normalized spacial score (nSPS) is 10.6. The quantitative estimate of drug-likeness (QED) is 0.865. The molecule has 0 saturated heterocycles. The van der Waals surface area contributed by atoms with Crippen LogP contribution in [-0.4, -0.2) is 22.5 Å². The molecule has 0 radical (unpaired) electrons. The summed E-state index contributed by atoms with van der Waals surface area (Å²) in [5.41, 5.74) is 1.24. The lowest BCUT2D eigenvalue weighted by molar-refractivity contribution is 0.0652. The first kappa shape index (κ1) is 12.6. The molecule has 0 aliphatic rings. The van der Waals surface area contributed by atoms with Gasteiger partial charge in [0.1, 0.15) is 11.5 Å². The molecule has 0 amide bonds. The zero-order valence-electron chi connectivity index (χ0n) is 9.73. The topological polar surface area (TPSA) is 63.3 Å². The molecule has 0 fully saturated rings. The molecule has 2 aromatic rings. The van der Waals surface area contributed by atoms with Crippen LogP contribution >= 0.6 is 11.8 Å². The van der Waals surface area contributed by atoms with Crippen LogP contribution in [0.3, 0.4) is 0 Å². The van der Waals surface area contributed by atoms with Gasteiger partial charge in [-0.15, -0.1) is 11.8 Å². The lowest BCUT2D eigenvalue weighted by Crippen LogP contribution is -1.92. The Morgan fingerprint density at radius 1 is 1.44 bits per heavy atom. The molecule has 0 bridgehead atoms. The SMILES string of the molecule is CSc1cc(-c2cc(C(=O)O)on2)c(F)cc1C. The fraction of sp³-hybridized carbons (Fsp3) is 0.167. The van der Waals surface area contributed by atoms with Crippen molar-refractivity contribution in [3.8, 4) is 11.3 Å². The Morgan fingerprint density at radius 3 is 2.72 bits per heavy atom. The molecule has 0 aliphatic heterocycles. The molecule has 0 atom stereocenters. The van der Waals surface area contributed by atoms with Gasteiger partial charge in [0.15, 0.2) is 0 Å². The summed E-state index contributed by atoms with van der Waals surface area (Å²) in [5, 5.41) is 12.3. The van der Waals surface area contributed by atoms with Gasteiger partial charge >= 0.3 is 5.97 Å².